The zero-order valence-corrected chi connectivity index (χ0v) is 9.64. The Balaban J connectivity index is 2.33. The quantitative estimate of drug-likeness (QED) is 0.685. The predicted octanol–water partition coefficient (Wildman–Crippen LogP) is 1.47. The molecule has 80 valence electrons. The lowest BCUT2D eigenvalue weighted by Gasteiger charge is -2.35. The fourth-order valence-corrected chi connectivity index (χ4v) is 1.95. The monoisotopic (exact) mass is 194 g/mol. The van der Waals surface area contributed by atoms with Crippen LogP contribution in [0.1, 0.15) is 33.6 Å². The summed E-state index contributed by atoms with van der Waals surface area (Å²) in [7, 11) is 0. The number of hydrogen-bond donors (Lipinski definition) is 1. The summed E-state index contributed by atoms with van der Waals surface area (Å²) in [5.41, 5.74) is -0.154. The van der Waals surface area contributed by atoms with Crippen molar-refractivity contribution in [1.82, 2.24) is 10.2 Å². The molecule has 2 nitrogen and oxygen atoms in total. The van der Waals surface area contributed by atoms with Crippen LogP contribution in [0.4, 0.5) is 0 Å². The molecule has 0 aromatic carbocycles. The summed E-state index contributed by atoms with van der Waals surface area (Å²) >= 11 is 0. The van der Waals surface area contributed by atoms with Crippen LogP contribution in [0, 0.1) is 12.3 Å². The second-order valence-corrected chi connectivity index (χ2v) is 4.62. The first-order valence-corrected chi connectivity index (χ1v) is 5.55. The van der Waals surface area contributed by atoms with E-state index in [2.05, 4.69) is 36.9 Å². The highest BCUT2D eigenvalue weighted by Crippen LogP contribution is 2.13. The van der Waals surface area contributed by atoms with E-state index in [4.69, 9.17) is 6.42 Å². The third-order valence-corrected chi connectivity index (χ3v) is 2.96. The Hall–Kier alpha value is -0.520. The molecule has 0 atom stereocenters. The van der Waals surface area contributed by atoms with Crippen molar-refractivity contribution in [2.24, 2.45) is 0 Å². The van der Waals surface area contributed by atoms with Gasteiger partial charge in [0.25, 0.3) is 0 Å². The van der Waals surface area contributed by atoms with E-state index in [1.54, 1.807) is 0 Å². The van der Waals surface area contributed by atoms with E-state index in [0.717, 1.165) is 0 Å². The third kappa shape index (κ3) is 3.32. The van der Waals surface area contributed by atoms with Gasteiger partial charge in [-0.3, -0.25) is 5.32 Å². The molecule has 0 bridgehead atoms. The molecule has 1 aliphatic heterocycles. The van der Waals surface area contributed by atoms with E-state index in [1.165, 1.54) is 32.5 Å². The fraction of sp³-hybridized carbons (Fsp3) is 0.833. The molecule has 0 aromatic heterocycles. The second kappa shape index (κ2) is 4.82. The average molecular weight is 194 g/mol. The van der Waals surface area contributed by atoms with Gasteiger partial charge in [-0.25, -0.2) is 0 Å². The van der Waals surface area contributed by atoms with Crippen LogP contribution in [0.2, 0.25) is 0 Å². The van der Waals surface area contributed by atoms with Crippen LogP contribution >= 0.6 is 0 Å². The van der Waals surface area contributed by atoms with Gasteiger partial charge in [0.1, 0.15) is 0 Å². The van der Waals surface area contributed by atoms with Crippen LogP contribution in [0.3, 0.4) is 0 Å². The molecule has 0 unspecified atom stereocenters. The summed E-state index contributed by atoms with van der Waals surface area (Å²) in [5, 5.41) is 3.53. The van der Waals surface area contributed by atoms with Gasteiger partial charge in [-0.2, -0.15) is 0 Å². The van der Waals surface area contributed by atoms with E-state index in [1.807, 2.05) is 0 Å². The van der Waals surface area contributed by atoms with Gasteiger partial charge in [0, 0.05) is 6.04 Å². The number of nitrogens with one attached hydrogen (secondary N) is 1. The van der Waals surface area contributed by atoms with Crippen molar-refractivity contribution in [3.05, 3.63) is 0 Å². The molecular formula is C12H22N2. The Morgan fingerprint density at radius 1 is 1.43 bits per heavy atom. The van der Waals surface area contributed by atoms with Crippen molar-refractivity contribution >= 4 is 0 Å². The van der Waals surface area contributed by atoms with E-state index in [-0.39, 0.29) is 5.54 Å². The Morgan fingerprint density at radius 3 is 2.43 bits per heavy atom. The van der Waals surface area contributed by atoms with Gasteiger partial charge in [0.05, 0.1) is 5.54 Å². The molecule has 0 aromatic rings. The van der Waals surface area contributed by atoms with Gasteiger partial charge in [0.2, 0.25) is 0 Å². The number of terminal acetylenes is 1. The van der Waals surface area contributed by atoms with Crippen molar-refractivity contribution in [3.63, 3.8) is 0 Å². The minimum absolute atomic E-state index is 0.154. The molecule has 0 spiro atoms. The molecule has 0 radical (unpaired) electrons. The molecule has 14 heavy (non-hydrogen) atoms. The molecule has 1 heterocycles. The van der Waals surface area contributed by atoms with Gasteiger partial charge >= 0.3 is 0 Å². The van der Waals surface area contributed by atoms with Crippen LogP contribution < -0.4 is 5.32 Å². The highest BCUT2D eigenvalue weighted by molar-refractivity contribution is 5.08. The first-order valence-electron chi connectivity index (χ1n) is 5.55. The maximum absolute atomic E-state index is 5.45. The van der Waals surface area contributed by atoms with Gasteiger partial charge < -0.3 is 4.90 Å². The van der Waals surface area contributed by atoms with Crippen molar-refractivity contribution in [1.29, 1.82) is 0 Å². The Morgan fingerprint density at radius 2 is 2.00 bits per heavy atom. The number of likely N-dealkylation sites (tertiary alicyclic amines) is 1. The summed E-state index contributed by atoms with van der Waals surface area (Å²) in [6.07, 6.45) is 7.90. The van der Waals surface area contributed by atoms with Crippen LogP contribution in [-0.2, 0) is 0 Å². The molecule has 1 saturated heterocycles. The lowest BCUT2D eigenvalue weighted by molar-refractivity contribution is 0.194. The summed E-state index contributed by atoms with van der Waals surface area (Å²) in [6, 6.07) is 0.601. The van der Waals surface area contributed by atoms with Gasteiger partial charge in [-0.05, 0) is 46.3 Å². The van der Waals surface area contributed by atoms with E-state index in [0.29, 0.717) is 6.04 Å². The Kier molecular flexibility index (Phi) is 3.97. The molecule has 2 heteroatoms. The summed E-state index contributed by atoms with van der Waals surface area (Å²) in [6.45, 7) is 9.94. The van der Waals surface area contributed by atoms with Crippen molar-refractivity contribution in [2.75, 3.05) is 19.6 Å². The van der Waals surface area contributed by atoms with E-state index in [9.17, 15) is 0 Å². The Bertz CT molecular complexity index is 207. The van der Waals surface area contributed by atoms with Crippen molar-refractivity contribution < 1.29 is 0 Å². The maximum Gasteiger partial charge on any atom is 0.0743 e. The summed E-state index contributed by atoms with van der Waals surface area (Å²) in [5.74, 6) is 2.79. The van der Waals surface area contributed by atoms with Gasteiger partial charge in [-0.1, -0.05) is 12.8 Å². The number of nitrogens with zero attached hydrogens (tertiary/aromatic N) is 1. The third-order valence-electron chi connectivity index (χ3n) is 2.96. The summed E-state index contributed by atoms with van der Waals surface area (Å²) in [4.78, 5) is 2.49. The largest absolute Gasteiger partial charge is 0.303 e. The lowest BCUT2D eigenvalue weighted by atomic mass is 9.99. The molecule has 1 rings (SSSR count). The highest BCUT2D eigenvalue weighted by atomic mass is 15.1. The molecule has 0 aliphatic carbocycles. The normalized spacial score (nSPS) is 20.7. The molecule has 0 saturated carbocycles. The number of rotatable bonds is 3. The molecule has 0 amide bonds. The SMILES string of the molecule is C#CC(C)(C)NC1CCN(CC)CC1. The fourth-order valence-electron chi connectivity index (χ4n) is 1.95. The Labute approximate surface area is 88.1 Å². The smallest absolute Gasteiger partial charge is 0.0743 e. The lowest BCUT2D eigenvalue weighted by Crippen LogP contribution is -2.50. The van der Waals surface area contributed by atoms with Crippen LogP contribution in [0.15, 0.2) is 0 Å². The highest BCUT2D eigenvalue weighted by Gasteiger charge is 2.23. The van der Waals surface area contributed by atoms with E-state index < -0.39 is 0 Å². The van der Waals surface area contributed by atoms with Crippen molar-refractivity contribution in [2.45, 2.75) is 45.2 Å². The van der Waals surface area contributed by atoms with Gasteiger partial charge in [0.15, 0.2) is 0 Å². The standard InChI is InChI=1S/C12H22N2/c1-5-12(3,4)13-11-7-9-14(6-2)10-8-11/h1,11,13H,6-10H2,2-4H3. The first kappa shape index (κ1) is 11.6. The van der Waals surface area contributed by atoms with Crippen molar-refractivity contribution in [3.8, 4) is 12.3 Å². The van der Waals surface area contributed by atoms with E-state index >= 15 is 0 Å². The number of piperidine rings is 1. The molecule has 1 N–H and O–H groups in total. The van der Waals surface area contributed by atoms with Crippen LogP contribution in [0.25, 0.3) is 0 Å². The molecule has 1 fully saturated rings. The van der Waals surface area contributed by atoms with Crippen LogP contribution in [0.5, 0.6) is 0 Å². The molecular weight excluding hydrogens is 172 g/mol. The molecule has 1 aliphatic rings. The minimum Gasteiger partial charge on any atom is -0.303 e. The zero-order chi connectivity index (χ0) is 10.6. The van der Waals surface area contributed by atoms with Crippen LogP contribution in [-0.4, -0.2) is 36.1 Å². The maximum atomic E-state index is 5.45. The first-order chi connectivity index (χ1) is 6.57. The van der Waals surface area contributed by atoms with Gasteiger partial charge in [-0.15, -0.1) is 6.42 Å². The average Bonchev–Trinajstić information content (AvgIpc) is 2.19. The summed E-state index contributed by atoms with van der Waals surface area (Å²) < 4.78 is 0. The predicted molar refractivity (Wildman–Crippen MR) is 61.2 cm³/mol. The minimum atomic E-state index is -0.154. The topological polar surface area (TPSA) is 15.3 Å². The zero-order valence-electron chi connectivity index (χ0n) is 9.64. The number of hydrogen-bond acceptors (Lipinski definition) is 2. The second-order valence-electron chi connectivity index (χ2n) is 4.62.